The monoisotopic (exact) mass is 352 g/mol. The predicted octanol–water partition coefficient (Wildman–Crippen LogP) is 3.23. The topological polar surface area (TPSA) is 61.8 Å². The average Bonchev–Trinajstić information content (AvgIpc) is 2.95. The normalized spacial score (nSPS) is 26.8. The molecule has 0 radical (unpaired) electrons. The Labute approximate surface area is 145 Å². The highest BCUT2D eigenvalue weighted by Gasteiger charge is 2.45. The summed E-state index contributed by atoms with van der Waals surface area (Å²) in [7, 11) is -0.556. The zero-order chi connectivity index (χ0) is 18.1. The Morgan fingerprint density at radius 2 is 2.08 bits per heavy atom. The fourth-order valence-corrected chi connectivity index (χ4v) is 4.01. The van der Waals surface area contributed by atoms with Gasteiger partial charge < -0.3 is 13.9 Å². The van der Waals surface area contributed by atoms with Crippen molar-refractivity contribution in [2.24, 2.45) is 11.8 Å². The highest BCUT2D eigenvalue weighted by atomic mass is 28.4. The SMILES string of the molecule is COC(=O)C1=COC(CO[Si](C)(C)C(C)(C)C)C2C(C=O)=CCC12. The van der Waals surface area contributed by atoms with Gasteiger partial charge >= 0.3 is 5.97 Å². The van der Waals surface area contributed by atoms with Gasteiger partial charge in [0.25, 0.3) is 0 Å². The molecule has 24 heavy (non-hydrogen) atoms. The summed E-state index contributed by atoms with van der Waals surface area (Å²) in [5, 5.41) is 0.104. The van der Waals surface area contributed by atoms with E-state index < -0.39 is 14.3 Å². The van der Waals surface area contributed by atoms with Gasteiger partial charge in [-0.25, -0.2) is 4.79 Å². The Balaban J connectivity index is 2.19. The summed E-state index contributed by atoms with van der Waals surface area (Å²) >= 11 is 0. The maximum Gasteiger partial charge on any atom is 0.337 e. The molecule has 0 N–H and O–H groups in total. The summed E-state index contributed by atoms with van der Waals surface area (Å²) in [4.78, 5) is 23.4. The van der Waals surface area contributed by atoms with E-state index in [0.717, 1.165) is 6.29 Å². The second-order valence-corrected chi connectivity index (χ2v) is 12.8. The first kappa shape index (κ1) is 18.9. The summed E-state index contributed by atoms with van der Waals surface area (Å²) in [6.45, 7) is 11.4. The molecular formula is C18H28O5Si. The van der Waals surface area contributed by atoms with Crippen molar-refractivity contribution in [3.8, 4) is 0 Å². The van der Waals surface area contributed by atoms with E-state index in [-0.39, 0.29) is 23.0 Å². The molecule has 3 atom stereocenters. The lowest BCUT2D eigenvalue weighted by Crippen LogP contribution is -2.45. The fourth-order valence-electron chi connectivity index (χ4n) is 3.00. The van der Waals surface area contributed by atoms with Crippen LogP contribution in [0.1, 0.15) is 27.2 Å². The van der Waals surface area contributed by atoms with Crippen molar-refractivity contribution in [2.75, 3.05) is 13.7 Å². The van der Waals surface area contributed by atoms with Gasteiger partial charge in [-0.1, -0.05) is 26.8 Å². The molecule has 5 nitrogen and oxygen atoms in total. The number of hydrogen-bond donors (Lipinski definition) is 0. The van der Waals surface area contributed by atoms with E-state index in [4.69, 9.17) is 13.9 Å². The minimum atomic E-state index is -1.91. The minimum absolute atomic E-state index is 0.0700. The summed E-state index contributed by atoms with van der Waals surface area (Å²) in [6, 6.07) is 0. The van der Waals surface area contributed by atoms with Crippen molar-refractivity contribution in [3.63, 3.8) is 0 Å². The maximum absolute atomic E-state index is 12.0. The van der Waals surface area contributed by atoms with Crippen LogP contribution in [0.4, 0.5) is 0 Å². The van der Waals surface area contributed by atoms with Crippen LogP contribution in [0.5, 0.6) is 0 Å². The predicted molar refractivity (Wildman–Crippen MR) is 93.9 cm³/mol. The Bertz CT molecular complexity index is 570. The van der Waals surface area contributed by atoms with Gasteiger partial charge in [-0.05, 0) is 30.1 Å². The number of fused-ring (bicyclic) bond motifs is 1. The Kier molecular flexibility index (Phi) is 5.40. The number of rotatable bonds is 5. The number of esters is 1. The first-order chi connectivity index (χ1) is 11.1. The van der Waals surface area contributed by atoms with Crippen LogP contribution < -0.4 is 0 Å². The lowest BCUT2D eigenvalue weighted by molar-refractivity contribution is -0.138. The van der Waals surface area contributed by atoms with Gasteiger partial charge in [0.1, 0.15) is 12.4 Å². The van der Waals surface area contributed by atoms with E-state index in [2.05, 4.69) is 33.9 Å². The van der Waals surface area contributed by atoms with E-state index >= 15 is 0 Å². The highest BCUT2D eigenvalue weighted by molar-refractivity contribution is 6.74. The molecule has 0 amide bonds. The fraction of sp³-hybridized carbons (Fsp3) is 0.667. The highest BCUT2D eigenvalue weighted by Crippen LogP contribution is 2.44. The number of methoxy groups -OCH3 is 1. The Hall–Kier alpha value is -1.40. The third kappa shape index (κ3) is 3.49. The van der Waals surface area contributed by atoms with Gasteiger partial charge in [-0.3, -0.25) is 4.79 Å². The van der Waals surface area contributed by atoms with Gasteiger partial charge in [0.05, 0.1) is 25.6 Å². The first-order valence-corrected chi connectivity index (χ1v) is 11.3. The van der Waals surface area contributed by atoms with E-state index in [1.807, 2.05) is 6.08 Å². The zero-order valence-corrected chi connectivity index (χ0v) is 16.4. The Morgan fingerprint density at radius 1 is 1.42 bits per heavy atom. The molecule has 3 unspecified atom stereocenters. The molecule has 0 saturated carbocycles. The minimum Gasteiger partial charge on any atom is -0.494 e. The molecule has 0 aromatic heterocycles. The van der Waals surface area contributed by atoms with Crippen LogP contribution in [-0.4, -0.2) is 40.4 Å². The second kappa shape index (κ2) is 6.84. The third-order valence-corrected chi connectivity index (χ3v) is 10.1. The molecule has 1 aliphatic carbocycles. The van der Waals surface area contributed by atoms with Crippen molar-refractivity contribution >= 4 is 20.6 Å². The van der Waals surface area contributed by atoms with E-state index in [0.29, 0.717) is 24.2 Å². The van der Waals surface area contributed by atoms with Crippen molar-refractivity contribution in [1.29, 1.82) is 0 Å². The molecule has 0 aromatic rings. The van der Waals surface area contributed by atoms with Gasteiger partial charge in [0.2, 0.25) is 0 Å². The number of carbonyl (C=O) groups is 2. The molecule has 0 aromatic carbocycles. The smallest absolute Gasteiger partial charge is 0.337 e. The average molecular weight is 353 g/mol. The van der Waals surface area contributed by atoms with Gasteiger partial charge in [0, 0.05) is 11.8 Å². The largest absolute Gasteiger partial charge is 0.494 e. The van der Waals surface area contributed by atoms with Crippen LogP contribution in [0.25, 0.3) is 0 Å². The van der Waals surface area contributed by atoms with Crippen molar-refractivity contribution in [1.82, 2.24) is 0 Å². The molecule has 0 bridgehead atoms. The van der Waals surface area contributed by atoms with Crippen molar-refractivity contribution in [2.45, 2.75) is 51.4 Å². The van der Waals surface area contributed by atoms with E-state index in [1.165, 1.54) is 13.4 Å². The van der Waals surface area contributed by atoms with E-state index in [9.17, 15) is 9.59 Å². The van der Waals surface area contributed by atoms with Crippen LogP contribution in [0.15, 0.2) is 23.5 Å². The molecule has 0 spiro atoms. The standard InChI is InChI=1S/C18H28O5Si/c1-18(2,3)24(5,6)23-11-15-16-12(9-19)7-8-13(16)14(10-22-15)17(20)21-4/h7,9-10,13,15-16H,8,11H2,1-6H3. The number of carbonyl (C=O) groups excluding carboxylic acids is 2. The van der Waals surface area contributed by atoms with Crippen LogP contribution >= 0.6 is 0 Å². The van der Waals surface area contributed by atoms with E-state index in [1.54, 1.807) is 0 Å². The van der Waals surface area contributed by atoms with Crippen molar-refractivity contribution < 1.29 is 23.5 Å². The molecule has 2 rings (SSSR count). The van der Waals surface area contributed by atoms with Crippen molar-refractivity contribution in [3.05, 3.63) is 23.5 Å². The van der Waals surface area contributed by atoms with Crippen LogP contribution in [-0.2, 0) is 23.5 Å². The number of allylic oxidation sites excluding steroid dienone is 1. The summed E-state index contributed by atoms with van der Waals surface area (Å²) in [6.07, 6.45) is 4.66. The first-order valence-electron chi connectivity index (χ1n) is 8.35. The van der Waals surface area contributed by atoms with Crippen LogP contribution in [0.3, 0.4) is 0 Å². The number of ether oxygens (including phenoxy) is 2. The zero-order valence-electron chi connectivity index (χ0n) is 15.4. The van der Waals surface area contributed by atoms with Crippen LogP contribution in [0, 0.1) is 11.8 Å². The number of aldehydes is 1. The number of hydrogen-bond acceptors (Lipinski definition) is 5. The lowest BCUT2D eigenvalue weighted by Gasteiger charge is -2.40. The van der Waals surface area contributed by atoms with Gasteiger partial charge in [-0.2, -0.15) is 0 Å². The summed E-state index contributed by atoms with van der Waals surface area (Å²) in [5.74, 6) is -0.611. The third-order valence-electron chi connectivity index (χ3n) is 5.57. The Morgan fingerprint density at radius 3 is 2.62 bits per heavy atom. The molecule has 0 fully saturated rings. The van der Waals surface area contributed by atoms with Crippen LogP contribution in [0.2, 0.25) is 18.1 Å². The lowest BCUT2D eigenvalue weighted by atomic mass is 9.80. The molecule has 0 saturated heterocycles. The second-order valence-electron chi connectivity index (χ2n) is 8.00. The summed E-state index contributed by atoms with van der Waals surface area (Å²) in [5.41, 5.74) is 1.19. The molecule has 1 heterocycles. The quantitative estimate of drug-likeness (QED) is 0.432. The summed E-state index contributed by atoms with van der Waals surface area (Å²) < 4.78 is 16.9. The molecule has 1 aliphatic heterocycles. The molecule has 6 heteroatoms. The van der Waals surface area contributed by atoms with Gasteiger partial charge in [0.15, 0.2) is 8.32 Å². The molecular weight excluding hydrogens is 324 g/mol. The molecule has 2 aliphatic rings. The van der Waals surface area contributed by atoms with Gasteiger partial charge in [-0.15, -0.1) is 0 Å². The molecule has 134 valence electrons. The maximum atomic E-state index is 12.0.